The highest BCUT2D eigenvalue weighted by molar-refractivity contribution is 6.35. The number of nitrogens with one attached hydrogen (secondary N) is 1. The number of carbonyl (C=O) groups excluding carboxylic acids is 1. The zero-order valence-electron chi connectivity index (χ0n) is 14.6. The molecule has 0 bridgehead atoms. The number of nitrogens with zero attached hydrogens (tertiary/aromatic N) is 3. The van der Waals surface area contributed by atoms with Crippen molar-refractivity contribution in [1.82, 2.24) is 19.6 Å². The minimum atomic E-state index is -0.171. The summed E-state index contributed by atoms with van der Waals surface area (Å²) in [7, 11) is 1.75. The molecule has 3 rings (SSSR count). The number of benzene rings is 1. The van der Waals surface area contributed by atoms with Crippen molar-refractivity contribution in [3.8, 4) is 0 Å². The first-order valence-corrected chi connectivity index (χ1v) is 9.09. The zero-order chi connectivity index (χ0) is 18.7. The molecule has 0 saturated heterocycles. The summed E-state index contributed by atoms with van der Waals surface area (Å²) in [5, 5.41) is 4.05. The van der Waals surface area contributed by atoms with Crippen molar-refractivity contribution in [2.24, 2.45) is 0 Å². The van der Waals surface area contributed by atoms with E-state index in [0.717, 1.165) is 16.9 Å². The normalized spacial score (nSPS) is 12.2. The lowest BCUT2D eigenvalue weighted by atomic mass is 10.1. The lowest BCUT2D eigenvalue weighted by Crippen LogP contribution is -2.39. The van der Waals surface area contributed by atoms with Gasteiger partial charge >= 0.3 is 6.03 Å². The maximum absolute atomic E-state index is 12.4. The number of hydrogen-bond acceptors (Lipinski definition) is 2. The predicted molar refractivity (Wildman–Crippen MR) is 105 cm³/mol. The second-order valence-corrected chi connectivity index (χ2v) is 6.98. The molecule has 0 saturated carbocycles. The van der Waals surface area contributed by atoms with Crippen LogP contribution < -0.4 is 5.32 Å². The van der Waals surface area contributed by atoms with E-state index in [-0.39, 0.29) is 12.1 Å². The van der Waals surface area contributed by atoms with Gasteiger partial charge in [-0.3, -0.25) is 0 Å². The fraction of sp³-hybridized carbons (Fsp3) is 0.263. The van der Waals surface area contributed by atoms with Gasteiger partial charge in [-0.1, -0.05) is 35.3 Å². The number of carbonyl (C=O) groups is 1. The molecule has 5 nitrogen and oxygen atoms in total. The first-order valence-electron chi connectivity index (χ1n) is 8.34. The monoisotopic (exact) mass is 390 g/mol. The molecule has 26 heavy (non-hydrogen) atoms. The standard InChI is InChI=1S/C19H20Cl2N4O/c1-13(16-7-6-14(20)11-17(16)21)24(2)19(26)22-9-8-15-12-25-10-4-3-5-18(25)23-15/h3-7,10-13H,8-9H2,1-2H3,(H,22,26). The summed E-state index contributed by atoms with van der Waals surface area (Å²) < 4.78 is 1.97. The summed E-state index contributed by atoms with van der Waals surface area (Å²) in [6.07, 6.45) is 4.59. The van der Waals surface area contributed by atoms with Crippen LogP contribution in [0.1, 0.15) is 24.2 Å². The third kappa shape index (κ3) is 4.11. The number of amides is 2. The van der Waals surface area contributed by atoms with Gasteiger partial charge in [0.15, 0.2) is 0 Å². The smallest absolute Gasteiger partial charge is 0.317 e. The van der Waals surface area contributed by atoms with Crippen molar-refractivity contribution in [2.75, 3.05) is 13.6 Å². The quantitative estimate of drug-likeness (QED) is 0.692. The van der Waals surface area contributed by atoms with Gasteiger partial charge < -0.3 is 14.6 Å². The number of rotatable bonds is 5. The summed E-state index contributed by atoms with van der Waals surface area (Å²) in [6.45, 7) is 2.44. The van der Waals surface area contributed by atoms with E-state index in [4.69, 9.17) is 23.2 Å². The van der Waals surface area contributed by atoms with Crippen LogP contribution >= 0.6 is 23.2 Å². The van der Waals surface area contributed by atoms with Gasteiger partial charge in [-0.15, -0.1) is 0 Å². The number of pyridine rings is 1. The highest BCUT2D eigenvalue weighted by atomic mass is 35.5. The van der Waals surface area contributed by atoms with Crippen LogP contribution in [0, 0.1) is 0 Å². The molecule has 0 aliphatic carbocycles. The Morgan fingerprint density at radius 1 is 1.31 bits per heavy atom. The van der Waals surface area contributed by atoms with Gasteiger partial charge in [-0.05, 0) is 36.8 Å². The van der Waals surface area contributed by atoms with Gasteiger partial charge in [-0.25, -0.2) is 9.78 Å². The van der Waals surface area contributed by atoms with Crippen molar-refractivity contribution < 1.29 is 4.79 Å². The topological polar surface area (TPSA) is 49.6 Å². The number of hydrogen-bond donors (Lipinski definition) is 1. The summed E-state index contributed by atoms with van der Waals surface area (Å²) in [4.78, 5) is 18.6. The van der Waals surface area contributed by atoms with Crippen LogP contribution in [0.2, 0.25) is 10.0 Å². The number of fused-ring (bicyclic) bond motifs is 1. The molecule has 2 amide bonds. The first-order chi connectivity index (χ1) is 12.5. The lowest BCUT2D eigenvalue weighted by Gasteiger charge is -2.26. The maximum Gasteiger partial charge on any atom is 0.317 e. The van der Waals surface area contributed by atoms with Gasteiger partial charge in [0.2, 0.25) is 0 Å². The van der Waals surface area contributed by atoms with Crippen molar-refractivity contribution in [3.05, 3.63) is 70.1 Å². The minimum absolute atomic E-state index is 0.160. The molecule has 7 heteroatoms. The fourth-order valence-electron chi connectivity index (χ4n) is 2.75. The highest BCUT2D eigenvalue weighted by Gasteiger charge is 2.19. The first kappa shape index (κ1) is 18.5. The van der Waals surface area contributed by atoms with Crippen molar-refractivity contribution in [3.63, 3.8) is 0 Å². The Kier molecular flexibility index (Phi) is 5.69. The molecule has 3 aromatic rings. The maximum atomic E-state index is 12.4. The van der Waals surface area contributed by atoms with E-state index < -0.39 is 0 Å². The molecule has 0 aliphatic rings. The largest absolute Gasteiger partial charge is 0.338 e. The summed E-state index contributed by atoms with van der Waals surface area (Å²) >= 11 is 12.2. The third-order valence-electron chi connectivity index (χ3n) is 4.39. The van der Waals surface area contributed by atoms with E-state index in [9.17, 15) is 4.79 Å². The van der Waals surface area contributed by atoms with Crippen LogP contribution in [-0.2, 0) is 6.42 Å². The Labute approximate surface area is 162 Å². The summed E-state index contributed by atoms with van der Waals surface area (Å²) in [6, 6.07) is 10.8. The van der Waals surface area contributed by atoms with Crippen molar-refractivity contribution in [2.45, 2.75) is 19.4 Å². The molecule has 1 atom stereocenters. The SMILES string of the molecule is CC(c1ccc(Cl)cc1Cl)N(C)C(=O)NCCc1cn2ccccc2n1. The zero-order valence-corrected chi connectivity index (χ0v) is 16.1. The molecular weight excluding hydrogens is 371 g/mol. The molecule has 2 heterocycles. The molecule has 1 N–H and O–H groups in total. The molecule has 1 unspecified atom stereocenters. The van der Waals surface area contributed by atoms with Crippen LogP contribution in [0.15, 0.2) is 48.8 Å². The third-order valence-corrected chi connectivity index (χ3v) is 4.95. The van der Waals surface area contributed by atoms with Crippen LogP contribution in [-0.4, -0.2) is 33.9 Å². The van der Waals surface area contributed by atoms with Crippen LogP contribution in [0.3, 0.4) is 0 Å². The van der Waals surface area contributed by atoms with Gasteiger partial charge in [0.25, 0.3) is 0 Å². The molecule has 0 aliphatic heterocycles. The van der Waals surface area contributed by atoms with E-state index >= 15 is 0 Å². The Bertz CT molecular complexity index is 892. The second kappa shape index (κ2) is 7.98. The molecular formula is C19H20Cl2N4O. The average Bonchev–Trinajstić information content (AvgIpc) is 3.03. The summed E-state index contributed by atoms with van der Waals surface area (Å²) in [5.74, 6) is 0. The van der Waals surface area contributed by atoms with Gasteiger partial charge in [0.1, 0.15) is 5.65 Å². The number of imidazole rings is 1. The average molecular weight is 391 g/mol. The van der Waals surface area contributed by atoms with Crippen LogP contribution in [0.4, 0.5) is 4.79 Å². The number of aromatic nitrogens is 2. The van der Waals surface area contributed by atoms with E-state index in [1.807, 2.05) is 48.0 Å². The molecule has 136 valence electrons. The Morgan fingerprint density at radius 3 is 2.85 bits per heavy atom. The highest BCUT2D eigenvalue weighted by Crippen LogP contribution is 2.29. The Hall–Kier alpha value is -2.24. The molecule has 0 spiro atoms. The van der Waals surface area contributed by atoms with Crippen molar-refractivity contribution in [1.29, 1.82) is 0 Å². The predicted octanol–water partition coefficient (Wildman–Crippen LogP) is 4.59. The van der Waals surface area contributed by atoms with Gasteiger partial charge in [0.05, 0.1) is 11.7 Å². The van der Waals surface area contributed by atoms with E-state index in [2.05, 4.69) is 10.3 Å². The second-order valence-electron chi connectivity index (χ2n) is 6.13. The van der Waals surface area contributed by atoms with E-state index in [1.165, 1.54) is 0 Å². The van der Waals surface area contributed by atoms with Gasteiger partial charge in [-0.2, -0.15) is 0 Å². The lowest BCUT2D eigenvalue weighted by molar-refractivity contribution is 0.194. The van der Waals surface area contributed by atoms with Crippen molar-refractivity contribution >= 4 is 34.9 Å². The van der Waals surface area contributed by atoms with Crippen LogP contribution in [0.5, 0.6) is 0 Å². The molecule has 0 radical (unpaired) electrons. The molecule has 0 fully saturated rings. The Balaban J connectivity index is 1.56. The minimum Gasteiger partial charge on any atom is -0.338 e. The summed E-state index contributed by atoms with van der Waals surface area (Å²) in [5.41, 5.74) is 2.69. The van der Waals surface area contributed by atoms with Gasteiger partial charge in [0, 0.05) is 42.5 Å². The van der Waals surface area contributed by atoms with Crippen LogP contribution in [0.25, 0.3) is 5.65 Å². The molecule has 2 aromatic heterocycles. The van der Waals surface area contributed by atoms with E-state index in [0.29, 0.717) is 23.0 Å². The number of halogens is 2. The number of urea groups is 1. The molecule has 1 aromatic carbocycles. The Morgan fingerprint density at radius 2 is 2.12 bits per heavy atom. The fourth-order valence-corrected chi connectivity index (χ4v) is 3.32. The van der Waals surface area contributed by atoms with E-state index in [1.54, 1.807) is 24.1 Å².